The van der Waals surface area contributed by atoms with E-state index in [0.717, 1.165) is 25.7 Å². The van der Waals surface area contributed by atoms with Crippen molar-refractivity contribution in [2.24, 2.45) is 5.92 Å². The highest BCUT2D eigenvalue weighted by atomic mass is 35.5. The van der Waals surface area contributed by atoms with Crippen LogP contribution in [-0.2, 0) is 10.6 Å². The molecule has 100 valence electrons. The van der Waals surface area contributed by atoms with Crippen LogP contribution < -0.4 is 4.90 Å². The van der Waals surface area contributed by atoms with Gasteiger partial charge in [0.15, 0.2) is 0 Å². The third-order valence-corrected chi connectivity index (χ3v) is 3.82. The summed E-state index contributed by atoms with van der Waals surface area (Å²) >= 11 is 5.87. The molecule has 1 aromatic carbocycles. The maximum Gasteiger partial charge on any atom is 0.0641 e. The van der Waals surface area contributed by atoms with Gasteiger partial charge in [0.1, 0.15) is 0 Å². The zero-order valence-electron chi connectivity index (χ0n) is 11.3. The Balaban J connectivity index is 1.79. The Morgan fingerprint density at radius 1 is 1.39 bits per heavy atom. The molecule has 0 saturated heterocycles. The summed E-state index contributed by atoms with van der Waals surface area (Å²) in [4.78, 5) is 2.23. The Bertz CT molecular complexity index is 390. The van der Waals surface area contributed by atoms with Crippen LogP contribution in [0.25, 0.3) is 0 Å². The van der Waals surface area contributed by atoms with Gasteiger partial charge in [0, 0.05) is 31.8 Å². The van der Waals surface area contributed by atoms with Gasteiger partial charge < -0.3 is 9.64 Å². The topological polar surface area (TPSA) is 12.5 Å². The van der Waals surface area contributed by atoms with Crippen LogP contribution in [0.1, 0.15) is 24.0 Å². The van der Waals surface area contributed by atoms with E-state index in [2.05, 4.69) is 37.1 Å². The highest BCUT2D eigenvalue weighted by Gasteiger charge is 2.20. The summed E-state index contributed by atoms with van der Waals surface area (Å²) in [5.74, 6) is 1.43. The molecular weight excluding hydrogens is 246 g/mol. The summed E-state index contributed by atoms with van der Waals surface area (Å²) in [7, 11) is 2.11. The number of hydrogen-bond acceptors (Lipinski definition) is 2. The first-order valence-electron chi connectivity index (χ1n) is 6.65. The minimum absolute atomic E-state index is 0.584. The lowest BCUT2D eigenvalue weighted by molar-refractivity contribution is 0.131. The molecule has 1 aromatic rings. The smallest absolute Gasteiger partial charge is 0.0641 e. The summed E-state index contributed by atoms with van der Waals surface area (Å²) in [6.45, 7) is 4.80. The lowest BCUT2D eigenvalue weighted by Crippen LogP contribution is -2.23. The largest absolute Gasteiger partial charge is 0.379 e. The highest BCUT2D eigenvalue weighted by Crippen LogP contribution is 2.28. The molecule has 1 aliphatic rings. The van der Waals surface area contributed by atoms with E-state index in [9.17, 15) is 0 Å². The van der Waals surface area contributed by atoms with E-state index >= 15 is 0 Å². The van der Waals surface area contributed by atoms with E-state index < -0.39 is 0 Å². The first-order valence-corrected chi connectivity index (χ1v) is 7.18. The number of alkyl halides is 1. The van der Waals surface area contributed by atoms with Gasteiger partial charge in [-0.25, -0.2) is 0 Å². The number of rotatable bonds is 7. The van der Waals surface area contributed by atoms with E-state index in [1.807, 2.05) is 0 Å². The molecule has 18 heavy (non-hydrogen) atoms. The Morgan fingerprint density at radius 2 is 2.17 bits per heavy atom. The van der Waals surface area contributed by atoms with Gasteiger partial charge in [0.2, 0.25) is 0 Å². The van der Waals surface area contributed by atoms with Crippen molar-refractivity contribution in [2.75, 3.05) is 31.7 Å². The SMILES string of the molecule is Cc1cc(N(C)CCOCC2CC2)ccc1CCl. The fourth-order valence-electron chi connectivity index (χ4n) is 1.93. The molecule has 0 heterocycles. The van der Waals surface area contributed by atoms with E-state index in [-0.39, 0.29) is 0 Å². The number of ether oxygens (including phenoxy) is 1. The molecule has 0 aliphatic heterocycles. The number of halogens is 1. The van der Waals surface area contributed by atoms with Crippen LogP contribution >= 0.6 is 11.6 Å². The number of nitrogens with zero attached hydrogens (tertiary/aromatic N) is 1. The molecular formula is C15H22ClNO. The van der Waals surface area contributed by atoms with E-state index in [1.54, 1.807) is 0 Å². The maximum atomic E-state index is 5.87. The number of hydrogen-bond donors (Lipinski definition) is 0. The average molecular weight is 268 g/mol. The molecule has 3 heteroatoms. The summed E-state index contributed by atoms with van der Waals surface area (Å²) in [5.41, 5.74) is 3.70. The van der Waals surface area contributed by atoms with Gasteiger partial charge >= 0.3 is 0 Å². The van der Waals surface area contributed by atoms with Crippen molar-refractivity contribution in [3.63, 3.8) is 0 Å². The summed E-state index contributed by atoms with van der Waals surface area (Å²) in [5, 5.41) is 0. The normalized spacial score (nSPS) is 14.8. The Kier molecular flexibility index (Phi) is 4.90. The molecule has 0 aromatic heterocycles. The van der Waals surface area contributed by atoms with Crippen molar-refractivity contribution >= 4 is 17.3 Å². The summed E-state index contributed by atoms with van der Waals surface area (Å²) in [6, 6.07) is 6.43. The fourth-order valence-corrected chi connectivity index (χ4v) is 2.23. The average Bonchev–Trinajstić information content (AvgIpc) is 3.18. The van der Waals surface area contributed by atoms with Crippen LogP contribution in [0.3, 0.4) is 0 Å². The second kappa shape index (κ2) is 6.44. The van der Waals surface area contributed by atoms with Crippen LogP contribution in [0.4, 0.5) is 5.69 Å². The van der Waals surface area contributed by atoms with Gasteiger partial charge in [0.25, 0.3) is 0 Å². The third-order valence-electron chi connectivity index (χ3n) is 3.53. The standard InChI is InChI=1S/C15H22ClNO/c1-12-9-15(6-5-14(12)10-16)17(2)7-8-18-11-13-3-4-13/h5-6,9,13H,3-4,7-8,10-11H2,1-2H3. The number of likely N-dealkylation sites (N-methyl/N-ethyl adjacent to an activating group) is 1. The summed E-state index contributed by atoms with van der Waals surface area (Å²) < 4.78 is 5.66. The van der Waals surface area contributed by atoms with Crippen LogP contribution in [0.15, 0.2) is 18.2 Å². The van der Waals surface area contributed by atoms with Gasteiger partial charge in [0.05, 0.1) is 6.61 Å². The minimum Gasteiger partial charge on any atom is -0.379 e. The van der Waals surface area contributed by atoms with Crippen LogP contribution in [0.2, 0.25) is 0 Å². The molecule has 0 radical (unpaired) electrons. The number of anilines is 1. The molecule has 0 atom stereocenters. The zero-order chi connectivity index (χ0) is 13.0. The van der Waals surface area contributed by atoms with Gasteiger partial charge in [-0.2, -0.15) is 0 Å². The molecule has 2 nitrogen and oxygen atoms in total. The molecule has 1 fully saturated rings. The second-order valence-electron chi connectivity index (χ2n) is 5.18. The lowest BCUT2D eigenvalue weighted by atomic mass is 10.1. The monoisotopic (exact) mass is 267 g/mol. The molecule has 0 amide bonds. The van der Waals surface area contributed by atoms with E-state index in [4.69, 9.17) is 16.3 Å². The molecule has 0 unspecified atom stereocenters. The van der Waals surface area contributed by atoms with Crippen molar-refractivity contribution in [1.82, 2.24) is 0 Å². The number of aryl methyl sites for hydroxylation is 1. The quantitative estimate of drug-likeness (QED) is 0.553. The van der Waals surface area contributed by atoms with Crippen molar-refractivity contribution < 1.29 is 4.74 Å². The Morgan fingerprint density at radius 3 is 2.78 bits per heavy atom. The van der Waals surface area contributed by atoms with Crippen molar-refractivity contribution in [2.45, 2.75) is 25.6 Å². The van der Waals surface area contributed by atoms with Crippen LogP contribution in [-0.4, -0.2) is 26.8 Å². The fraction of sp³-hybridized carbons (Fsp3) is 0.600. The lowest BCUT2D eigenvalue weighted by Gasteiger charge is -2.20. The van der Waals surface area contributed by atoms with Crippen molar-refractivity contribution in [1.29, 1.82) is 0 Å². The van der Waals surface area contributed by atoms with E-state index in [1.165, 1.54) is 29.7 Å². The molecule has 0 spiro atoms. The number of benzene rings is 1. The molecule has 1 aliphatic carbocycles. The van der Waals surface area contributed by atoms with Gasteiger partial charge in [-0.05, 0) is 48.9 Å². The summed E-state index contributed by atoms with van der Waals surface area (Å²) in [6.07, 6.45) is 2.71. The van der Waals surface area contributed by atoms with Gasteiger partial charge in [-0.15, -0.1) is 11.6 Å². The van der Waals surface area contributed by atoms with Gasteiger partial charge in [-0.1, -0.05) is 6.07 Å². The van der Waals surface area contributed by atoms with Crippen LogP contribution in [0, 0.1) is 12.8 Å². The highest BCUT2D eigenvalue weighted by molar-refractivity contribution is 6.17. The molecule has 0 bridgehead atoms. The maximum absolute atomic E-state index is 5.87. The first-order chi connectivity index (χ1) is 8.70. The van der Waals surface area contributed by atoms with Gasteiger partial charge in [-0.3, -0.25) is 0 Å². The third kappa shape index (κ3) is 3.89. The molecule has 1 saturated carbocycles. The zero-order valence-corrected chi connectivity index (χ0v) is 12.0. The Labute approximate surface area is 115 Å². The minimum atomic E-state index is 0.584. The first kappa shape index (κ1) is 13.7. The Hall–Kier alpha value is -0.730. The van der Waals surface area contributed by atoms with Crippen LogP contribution in [0.5, 0.6) is 0 Å². The van der Waals surface area contributed by atoms with Crippen molar-refractivity contribution in [3.8, 4) is 0 Å². The second-order valence-corrected chi connectivity index (χ2v) is 5.45. The molecule has 2 rings (SSSR count). The molecule has 0 N–H and O–H groups in total. The predicted molar refractivity (Wildman–Crippen MR) is 77.5 cm³/mol. The predicted octanol–water partition coefficient (Wildman–Crippen LogP) is 3.60. The van der Waals surface area contributed by atoms with E-state index in [0.29, 0.717) is 5.88 Å². The van der Waals surface area contributed by atoms with Crippen molar-refractivity contribution in [3.05, 3.63) is 29.3 Å².